The molecule has 0 saturated heterocycles. The summed E-state index contributed by atoms with van der Waals surface area (Å²) in [7, 11) is 2.69. The fourth-order valence-corrected chi connectivity index (χ4v) is 3.92. The molecule has 0 aliphatic rings. The Labute approximate surface area is 277 Å². The molecule has 0 bridgehead atoms. The number of ether oxygens (including phenoxy) is 4. The minimum atomic E-state index is -1.27. The van der Waals surface area contributed by atoms with E-state index in [1.165, 1.54) is 32.1 Å². The summed E-state index contributed by atoms with van der Waals surface area (Å²) in [5.41, 5.74) is -1.28. The maximum absolute atomic E-state index is 13.3. The molecule has 4 amide bonds. The number of rotatable bonds is 17. The van der Waals surface area contributed by atoms with Crippen LogP contribution in [-0.2, 0) is 47.7 Å². The van der Waals surface area contributed by atoms with Crippen molar-refractivity contribution >= 4 is 41.7 Å². The average Bonchev–Trinajstić information content (AvgIpc) is 2.96. The molecule has 0 saturated carbocycles. The third-order valence-electron chi connectivity index (χ3n) is 6.50. The van der Waals surface area contributed by atoms with E-state index in [9.17, 15) is 33.6 Å². The summed E-state index contributed by atoms with van der Waals surface area (Å²) < 4.78 is 19.9. The van der Waals surface area contributed by atoms with E-state index in [0.717, 1.165) is 0 Å². The number of carbonyl (C=O) groups is 7. The fourth-order valence-electron chi connectivity index (χ4n) is 3.92. The van der Waals surface area contributed by atoms with Crippen molar-refractivity contribution in [3.63, 3.8) is 0 Å². The van der Waals surface area contributed by atoms with Gasteiger partial charge in [-0.05, 0) is 59.8 Å². The first-order valence-electron chi connectivity index (χ1n) is 15.6. The Hall–Kier alpha value is -4.17. The van der Waals surface area contributed by atoms with Gasteiger partial charge in [-0.25, -0.2) is 9.59 Å². The van der Waals surface area contributed by atoms with Crippen molar-refractivity contribution in [1.29, 1.82) is 0 Å². The molecule has 0 fully saturated rings. The predicted octanol–water partition coefficient (Wildman–Crippen LogP) is 2.16. The monoisotopic (exact) mass is 670 g/mol. The van der Waals surface area contributed by atoms with Crippen LogP contribution in [0.3, 0.4) is 0 Å². The first-order chi connectivity index (χ1) is 21.7. The Morgan fingerprint density at radius 3 is 1.85 bits per heavy atom. The van der Waals surface area contributed by atoms with Gasteiger partial charge in [0.25, 0.3) is 0 Å². The SMILES string of the molecule is CCOC(=O)CC[C@@H](NC(=O)[C@@H](CCC(=O)OC)NC(=O)/C(C)=C/CN(C)C(=O)C(NC(=O)OC(C)(C)C)C(C)(C)C)C(=O)OCC. The van der Waals surface area contributed by atoms with Gasteiger partial charge in [-0.15, -0.1) is 0 Å². The Bertz CT molecular complexity index is 1140. The van der Waals surface area contributed by atoms with Crippen molar-refractivity contribution in [2.75, 3.05) is 33.9 Å². The third kappa shape index (κ3) is 17.4. The number of methoxy groups -OCH3 is 1. The van der Waals surface area contributed by atoms with E-state index < -0.39 is 70.9 Å². The Morgan fingerprint density at radius 1 is 0.787 bits per heavy atom. The zero-order chi connectivity index (χ0) is 36.5. The van der Waals surface area contributed by atoms with Gasteiger partial charge in [0.2, 0.25) is 17.7 Å². The van der Waals surface area contributed by atoms with E-state index in [1.54, 1.807) is 55.4 Å². The molecule has 3 atom stereocenters. The molecule has 0 rings (SSSR count). The Morgan fingerprint density at radius 2 is 1.34 bits per heavy atom. The van der Waals surface area contributed by atoms with Gasteiger partial charge < -0.3 is 39.8 Å². The maximum atomic E-state index is 13.3. The summed E-state index contributed by atoms with van der Waals surface area (Å²) in [4.78, 5) is 89.7. The lowest BCUT2D eigenvalue weighted by Crippen LogP contribution is -2.54. The molecule has 0 aromatic carbocycles. The second-order valence-corrected chi connectivity index (χ2v) is 12.8. The lowest BCUT2D eigenvalue weighted by atomic mass is 9.86. The fraction of sp³-hybridized carbons (Fsp3) is 0.719. The van der Waals surface area contributed by atoms with E-state index in [4.69, 9.17) is 14.2 Å². The number of esters is 3. The second-order valence-electron chi connectivity index (χ2n) is 12.8. The Balaban J connectivity index is 5.82. The summed E-state index contributed by atoms with van der Waals surface area (Å²) in [5, 5.41) is 7.69. The van der Waals surface area contributed by atoms with Crippen LogP contribution >= 0.6 is 0 Å². The first-order valence-corrected chi connectivity index (χ1v) is 15.6. The number of alkyl carbamates (subject to hydrolysis) is 1. The molecule has 0 spiro atoms. The highest BCUT2D eigenvalue weighted by Crippen LogP contribution is 2.22. The summed E-state index contributed by atoms with van der Waals surface area (Å²) in [6.45, 7) is 15.4. The summed E-state index contributed by atoms with van der Waals surface area (Å²) in [6, 6.07) is -3.43. The predicted molar refractivity (Wildman–Crippen MR) is 172 cm³/mol. The minimum absolute atomic E-state index is 0.0154. The summed E-state index contributed by atoms with van der Waals surface area (Å²) in [5.74, 6) is -3.84. The van der Waals surface area contributed by atoms with Crippen LogP contribution in [0.15, 0.2) is 11.6 Å². The van der Waals surface area contributed by atoms with Gasteiger partial charge in [-0.1, -0.05) is 26.8 Å². The van der Waals surface area contributed by atoms with Gasteiger partial charge in [-0.3, -0.25) is 24.0 Å². The second kappa shape index (κ2) is 20.1. The van der Waals surface area contributed by atoms with Crippen molar-refractivity contribution < 1.29 is 52.5 Å². The van der Waals surface area contributed by atoms with E-state index in [1.807, 2.05) is 0 Å². The van der Waals surface area contributed by atoms with Gasteiger partial charge in [0.15, 0.2) is 0 Å². The highest BCUT2D eigenvalue weighted by atomic mass is 16.6. The molecule has 1 unspecified atom stereocenters. The van der Waals surface area contributed by atoms with Gasteiger partial charge in [0.05, 0.1) is 20.3 Å². The normalized spacial score (nSPS) is 13.6. The van der Waals surface area contributed by atoms with Crippen molar-refractivity contribution in [2.45, 2.75) is 112 Å². The topological polar surface area (TPSA) is 196 Å². The molecule has 268 valence electrons. The summed E-state index contributed by atoms with van der Waals surface area (Å²) in [6.07, 6.45) is 0.0596. The molecular weight excluding hydrogens is 616 g/mol. The van der Waals surface area contributed by atoms with E-state index >= 15 is 0 Å². The van der Waals surface area contributed by atoms with Gasteiger partial charge in [0.1, 0.15) is 23.7 Å². The van der Waals surface area contributed by atoms with Gasteiger partial charge >= 0.3 is 24.0 Å². The molecular formula is C32H54N4O11. The zero-order valence-electron chi connectivity index (χ0n) is 29.7. The Kier molecular flexibility index (Phi) is 18.4. The van der Waals surface area contributed by atoms with Crippen LogP contribution in [0.25, 0.3) is 0 Å². The zero-order valence-corrected chi connectivity index (χ0v) is 29.7. The lowest BCUT2D eigenvalue weighted by Gasteiger charge is -2.33. The molecule has 0 aliphatic heterocycles. The smallest absolute Gasteiger partial charge is 0.408 e. The van der Waals surface area contributed by atoms with Crippen LogP contribution in [0, 0.1) is 5.41 Å². The summed E-state index contributed by atoms with van der Waals surface area (Å²) >= 11 is 0. The van der Waals surface area contributed by atoms with Crippen molar-refractivity contribution in [2.24, 2.45) is 5.41 Å². The number of carbonyl (C=O) groups excluding carboxylic acids is 7. The first kappa shape index (κ1) is 42.8. The van der Waals surface area contributed by atoms with Crippen molar-refractivity contribution in [3.8, 4) is 0 Å². The molecule has 0 aromatic heterocycles. The maximum Gasteiger partial charge on any atom is 0.408 e. The molecule has 47 heavy (non-hydrogen) atoms. The molecule has 0 heterocycles. The van der Waals surface area contributed by atoms with Crippen molar-refractivity contribution in [3.05, 3.63) is 11.6 Å². The van der Waals surface area contributed by atoms with Gasteiger partial charge in [-0.2, -0.15) is 0 Å². The molecule has 0 radical (unpaired) electrons. The van der Waals surface area contributed by atoms with Crippen LogP contribution in [-0.4, -0.2) is 104 Å². The van der Waals surface area contributed by atoms with Gasteiger partial charge in [0, 0.05) is 32.0 Å². The van der Waals surface area contributed by atoms with Crippen LogP contribution < -0.4 is 16.0 Å². The minimum Gasteiger partial charge on any atom is -0.469 e. The molecule has 0 aromatic rings. The highest BCUT2D eigenvalue weighted by molar-refractivity contribution is 5.97. The quantitative estimate of drug-likeness (QED) is 0.117. The number of hydrogen-bond donors (Lipinski definition) is 3. The number of nitrogens with one attached hydrogen (secondary N) is 3. The van der Waals surface area contributed by atoms with Crippen LogP contribution in [0.5, 0.6) is 0 Å². The van der Waals surface area contributed by atoms with Crippen LogP contribution in [0.2, 0.25) is 0 Å². The number of amides is 4. The van der Waals surface area contributed by atoms with E-state index in [0.29, 0.717) is 0 Å². The molecule has 15 heteroatoms. The third-order valence-corrected chi connectivity index (χ3v) is 6.50. The number of likely N-dealkylation sites (N-methyl/N-ethyl adjacent to an activating group) is 1. The number of nitrogens with zero attached hydrogens (tertiary/aromatic N) is 1. The molecule has 15 nitrogen and oxygen atoms in total. The van der Waals surface area contributed by atoms with Crippen molar-refractivity contribution in [1.82, 2.24) is 20.9 Å². The molecule has 0 aliphatic carbocycles. The van der Waals surface area contributed by atoms with E-state index in [2.05, 4.69) is 20.7 Å². The standard InChI is InChI=1S/C32H54N4O11/c1-12-45-24(38)17-15-22(29(42)46-13-2)34-27(40)21(14-16-23(37)44-11)33-26(39)20(3)18-19-36(10)28(41)25(31(4,5)6)35-30(43)47-32(7,8)9/h18,21-22,25H,12-17,19H2,1-11H3,(H,33,39)(H,34,40)(H,35,43)/b20-18+/t21-,22-,25?/m1/s1. The highest BCUT2D eigenvalue weighted by Gasteiger charge is 2.36. The average molecular weight is 671 g/mol. The van der Waals surface area contributed by atoms with E-state index in [-0.39, 0.29) is 51.0 Å². The van der Waals surface area contributed by atoms with Crippen LogP contribution in [0.4, 0.5) is 4.79 Å². The number of hydrogen-bond acceptors (Lipinski definition) is 11. The largest absolute Gasteiger partial charge is 0.469 e. The lowest BCUT2D eigenvalue weighted by molar-refractivity contribution is -0.149. The molecule has 3 N–H and O–H groups in total. The van der Waals surface area contributed by atoms with Crippen LogP contribution in [0.1, 0.15) is 88.0 Å².